The molecule has 1 amide bonds. The molecule has 4 heteroatoms. The van der Waals surface area contributed by atoms with Gasteiger partial charge in [-0.15, -0.1) is 0 Å². The van der Waals surface area contributed by atoms with Gasteiger partial charge in [-0.2, -0.15) is 0 Å². The Kier molecular flexibility index (Phi) is 2.21. The molecule has 1 heterocycles. The predicted octanol–water partition coefficient (Wildman–Crippen LogP) is 3.98. The summed E-state index contributed by atoms with van der Waals surface area (Å²) in [4.78, 5) is 16.0. The van der Waals surface area contributed by atoms with Crippen molar-refractivity contribution >= 4 is 28.4 Å². The van der Waals surface area contributed by atoms with Crippen molar-refractivity contribution in [3.05, 3.63) is 34.5 Å². The molecule has 0 radical (unpaired) electrons. The normalized spacial score (nSPS) is 29.9. The number of carbonyl (C=O) groups excluding carboxylic acids is 1. The highest BCUT2D eigenvalue weighted by Crippen LogP contribution is 2.57. The summed E-state index contributed by atoms with van der Waals surface area (Å²) in [6.45, 7) is 0. The number of halogens is 1. The van der Waals surface area contributed by atoms with E-state index in [2.05, 4.69) is 16.4 Å². The minimum absolute atomic E-state index is 0.0577. The molecule has 4 fully saturated rings. The minimum Gasteiger partial charge on any atom is -0.349 e. The molecular weight excluding hydrogens is 284 g/mol. The average molecular weight is 301 g/mol. The van der Waals surface area contributed by atoms with Crippen LogP contribution in [0.2, 0.25) is 5.02 Å². The van der Waals surface area contributed by atoms with E-state index in [0.717, 1.165) is 22.5 Å². The lowest BCUT2D eigenvalue weighted by atomic mass is 9.50. The number of aromatic nitrogens is 1. The highest BCUT2D eigenvalue weighted by Gasteiger charge is 2.57. The number of hydrogen-bond acceptors (Lipinski definition) is 1. The van der Waals surface area contributed by atoms with Gasteiger partial charge in [-0.25, -0.2) is 0 Å². The fourth-order valence-corrected chi connectivity index (χ4v) is 4.33. The van der Waals surface area contributed by atoms with Crippen LogP contribution in [-0.2, 0) is 0 Å². The quantitative estimate of drug-likeness (QED) is 0.885. The Morgan fingerprint density at radius 3 is 2.67 bits per heavy atom. The number of H-pyrrole nitrogens is 1. The predicted molar refractivity (Wildman–Crippen MR) is 82.8 cm³/mol. The lowest BCUT2D eigenvalue weighted by Gasteiger charge is -2.61. The van der Waals surface area contributed by atoms with Gasteiger partial charge >= 0.3 is 0 Å². The van der Waals surface area contributed by atoms with Crippen molar-refractivity contribution in [2.45, 2.75) is 43.6 Å². The Labute approximate surface area is 128 Å². The molecule has 2 aromatic rings. The number of aromatic amines is 1. The standard InChI is InChI=1S/C17H17ClN2O/c18-12-3-1-2-11-13(10-4-5-10)15(19-14(11)12)16(21)20-17-6-9(7-17)8-17/h1-3,9-10,19H,4-8H2,(H,20,21). The molecule has 21 heavy (non-hydrogen) atoms. The van der Waals surface area contributed by atoms with E-state index in [1.54, 1.807) is 0 Å². The van der Waals surface area contributed by atoms with Gasteiger partial charge < -0.3 is 10.3 Å². The van der Waals surface area contributed by atoms with Crippen molar-refractivity contribution in [3.8, 4) is 0 Å². The molecule has 0 unspecified atom stereocenters. The second-order valence-electron chi connectivity index (χ2n) is 7.06. The monoisotopic (exact) mass is 300 g/mol. The smallest absolute Gasteiger partial charge is 0.268 e. The molecule has 0 spiro atoms. The second-order valence-corrected chi connectivity index (χ2v) is 7.47. The zero-order valence-electron chi connectivity index (χ0n) is 11.7. The number of fused-ring (bicyclic) bond motifs is 1. The molecule has 2 N–H and O–H groups in total. The summed E-state index contributed by atoms with van der Waals surface area (Å²) in [5.74, 6) is 1.44. The number of carbonyl (C=O) groups is 1. The summed E-state index contributed by atoms with van der Waals surface area (Å²) < 4.78 is 0. The Bertz CT molecular complexity index is 757. The van der Waals surface area contributed by atoms with Gasteiger partial charge in [-0.3, -0.25) is 4.79 Å². The first-order valence-electron chi connectivity index (χ1n) is 7.78. The van der Waals surface area contributed by atoms with Gasteiger partial charge in [-0.05, 0) is 55.6 Å². The number of benzene rings is 1. The van der Waals surface area contributed by atoms with Crippen LogP contribution in [0, 0.1) is 5.92 Å². The molecule has 3 nitrogen and oxygen atoms in total. The van der Waals surface area contributed by atoms with Crippen molar-refractivity contribution < 1.29 is 4.79 Å². The molecule has 108 valence electrons. The minimum atomic E-state index is 0.0577. The highest BCUT2D eigenvalue weighted by molar-refractivity contribution is 6.35. The van der Waals surface area contributed by atoms with Crippen LogP contribution < -0.4 is 5.32 Å². The van der Waals surface area contributed by atoms with Crippen molar-refractivity contribution in [1.29, 1.82) is 0 Å². The molecule has 6 rings (SSSR count). The molecule has 0 saturated heterocycles. The fourth-order valence-electron chi connectivity index (χ4n) is 4.11. The highest BCUT2D eigenvalue weighted by atomic mass is 35.5. The molecule has 1 aromatic carbocycles. The van der Waals surface area contributed by atoms with Gasteiger partial charge in [0.15, 0.2) is 0 Å². The maximum absolute atomic E-state index is 12.7. The molecule has 0 aliphatic heterocycles. The van der Waals surface area contributed by atoms with E-state index >= 15 is 0 Å². The van der Waals surface area contributed by atoms with Gasteiger partial charge in [0.2, 0.25) is 0 Å². The van der Waals surface area contributed by atoms with E-state index in [-0.39, 0.29) is 11.4 Å². The largest absolute Gasteiger partial charge is 0.349 e. The van der Waals surface area contributed by atoms with Crippen LogP contribution in [0.15, 0.2) is 18.2 Å². The van der Waals surface area contributed by atoms with E-state index in [0.29, 0.717) is 10.9 Å². The van der Waals surface area contributed by atoms with Crippen LogP contribution in [0.3, 0.4) is 0 Å². The summed E-state index contributed by atoms with van der Waals surface area (Å²) in [5, 5.41) is 5.08. The van der Waals surface area contributed by atoms with Crippen molar-refractivity contribution in [1.82, 2.24) is 10.3 Å². The SMILES string of the molecule is O=C(NC12CC(C1)C2)c1[nH]c2c(Cl)cccc2c1C1CC1. The first-order chi connectivity index (χ1) is 10.2. The Balaban J connectivity index is 1.59. The first-order valence-corrected chi connectivity index (χ1v) is 8.16. The summed E-state index contributed by atoms with van der Waals surface area (Å²) in [6.07, 6.45) is 5.84. The molecular formula is C17H17ClN2O. The van der Waals surface area contributed by atoms with Crippen molar-refractivity contribution in [2.75, 3.05) is 0 Å². The molecule has 0 atom stereocenters. The van der Waals surface area contributed by atoms with Crippen LogP contribution in [0.5, 0.6) is 0 Å². The average Bonchev–Trinajstić information content (AvgIpc) is 3.13. The molecule has 4 aliphatic carbocycles. The lowest BCUT2D eigenvalue weighted by Crippen LogP contribution is -2.68. The van der Waals surface area contributed by atoms with Gasteiger partial charge in [-0.1, -0.05) is 23.7 Å². The van der Waals surface area contributed by atoms with Crippen LogP contribution in [0.4, 0.5) is 0 Å². The summed E-state index contributed by atoms with van der Waals surface area (Å²) >= 11 is 6.29. The van der Waals surface area contributed by atoms with Gasteiger partial charge in [0.25, 0.3) is 5.91 Å². The van der Waals surface area contributed by atoms with Crippen molar-refractivity contribution in [2.24, 2.45) is 5.92 Å². The third kappa shape index (κ3) is 1.64. The molecule has 2 bridgehead atoms. The van der Waals surface area contributed by atoms with E-state index in [9.17, 15) is 4.79 Å². The second kappa shape index (κ2) is 3.83. The van der Waals surface area contributed by atoms with Gasteiger partial charge in [0.05, 0.1) is 10.5 Å². The van der Waals surface area contributed by atoms with E-state index in [4.69, 9.17) is 11.6 Å². The molecule has 1 aromatic heterocycles. The summed E-state index contributed by atoms with van der Waals surface area (Å²) in [7, 11) is 0. The lowest BCUT2D eigenvalue weighted by molar-refractivity contribution is -0.0439. The third-order valence-electron chi connectivity index (χ3n) is 5.45. The van der Waals surface area contributed by atoms with Gasteiger partial charge in [0, 0.05) is 10.9 Å². The fraction of sp³-hybridized carbons (Fsp3) is 0.471. The Morgan fingerprint density at radius 1 is 1.29 bits per heavy atom. The topological polar surface area (TPSA) is 44.9 Å². The maximum Gasteiger partial charge on any atom is 0.268 e. The number of rotatable bonds is 3. The summed E-state index contributed by atoms with van der Waals surface area (Å²) in [5.41, 5.74) is 2.94. The zero-order valence-corrected chi connectivity index (χ0v) is 12.5. The van der Waals surface area contributed by atoms with Crippen LogP contribution in [0.25, 0.3) is 10.9 Å². The van der Waals surface area contributed by atoms with Crippen LogP contribution in [-0.4, -0.2) is 16.4 Å². The van der Waals surface area contributed by atoms with Crippen molar-refractivity contribution in [3.63, 3.8) is 0 Å². The van der Waals surface area contributed by atoms with Gasteiger partial charge in [0.1, 0.15) is 5.69 Å². The molecule has 4 saturated carbocycles. The number of nitrogens with one attached hydrogen (secondary N) is 2. The third-order valence-corrected chi connectivity index (χ3v) is 5.77. The Morgan fingerprint density at radius 2 is 2.05 bits per heavy atom. The number of para-hydroxylation sites is 1. The molecule has 4 aliphatic rings. The summed E-state index contributed by atoms with van der Waals surface area (Å²) in [6, 6.07) is 5.91. The van der Waals surface area contributed by atoms with E-state index in [1.165, 1.54) is 37.7 Å². The van der Waals surface area contributed by atoms with E-state index < -0.39 is 0 Å². The maximum atomic E-state index is 12.7. The zero-order chi connectivity index (χ0) is 14.2. The number of amides is 1. The van der Waals surface area contributed by atoms with Crippen LogP contribution in [0.1, 0.15) is 54.1 Å². The van der Waals surface area contributed by atoms with E-state index in [1.807, 2.05) is 12.1 Å². The first kappa shape index (κ1) is 12.1. The number of hydrogen-bond donors (Lipinski definition) is 2. The van der Waals surface area contributed by atoms with Crippen LogP contribution >= 0.6 is 11.6 Å². The Hall–Kier alpha value is -1.48.